The Balaban J connectivity index is 1.35. The Kier molecular flexibility index (Phi) is 5.96. The summed E-state index contributed by atoms with van der Waals surface area (Å²) >= 11 is 0. The van der Waals surface area contributed by atoms with Crippen molar-refractivity contribution in [3.05, 3.63) is 72.7 Å². The van der Waals surface area contributed by atoms with Gasteiger partial charge in [0.15, 0.2) is 0 Å². The average molecular weight is 390 g/mol. The number of hydrogen-bond donors (Lipinski definition) is 1. The van der Waals surface area contributed by atoms with Crippen molar-refractivity contribution in [2.24, 2.45) is 5.92 Å². The molecule has 0 radical (unpaired) electrons. The number of carbonyl (C=O) groups excluding carboxylic acids is 1. The Morgan fingerprint density at radius 1 is 1.07 bits per heavy atom. The first-order valence-corrected chi connectivity index (χ1v) is 10.0. The summed E-state index contributed by atoms with van der Waals surface area (Å²) in [5.74, 6) is 1.94. The second-order valence-electron chi connectivity index (χ2n) is 7.43. The summed E-state index contributed by atoms with van der Waals surface area (Å²) in [6, 6.07) is 19.8. The molecule has 1 N–H and O–H groups in total. The van der Waals surface area contributed by atoms with E-state index in [1.807, 2.05) is 60.7 Å². The maximum atomic E-state index is 12.8. The molecule has 1 fully saturated rings. The molecule has 0 aliphatic carbocycles. The fourth-order valence-corrected chi connectivity index (χ4v) is 3.80. The lowest BCUT2D eigenvalue weighted by Gasteiger charge is -2.30. The largest absolute Gasteiger partial charge is 0.497 e. The van der Waals surface area contributed by atoms with E-state index in [1.165, 1.54) is 0 Å². The number of nitrogens with one attached hydrogen (secondary N) is 1. The van der Waals surface area contributed by atoms with E-state index < -0.39 is 0 Å². The highest BCUT2D eigenvalue weighted by molar-refractivity contribution is 5.93. The topological polar surface area (TPSA) is 54.7 Å². The zero-order valence-electron chi connectivity index (χ0n) is 16.6. The van der Waals surface area contributed by atoms with Crippen LogP contribution in [0.5, 0.6) is 5.75 Å². The van der Waals surface area contributed by atoms with Crippen LogP contribution in [-0.2, 0) is 11.3 Å². The summed E-state index contributed by atoms with van der Waals surface area (Å²) in [5.41, 5.74) is 2.94. The lowest BCUT2D eigenvalue weighted by Crippen LogP contribution is -2.37. The molecule has 0 spiro atoms. The van der Waals surface area contributed by atoms with Gasteiger partial charge in [0.25, 0.3) is 0 Å². The lowest BCUT2D eigenvalue weighted by molar-refractivity contribution is -0.121. The molecule has 1 aliphatic rings. The first kappa shape index (κ1) is 19.3. The van der Waals surface area contributed by atoms with Gasteiger partial charge < -0.3 is 14.5 Å². The summed E-state index contributed by atoms with van der Waals surface area (Å²) in [7, 11) is 1.66. The molecular formula is C24H26N2O3. The summed E-state index contributed by atoms with van der Waals surface area (Å²) < 4.78 is 10.7. The minimum atomic E-state index is 0.0447. The molecule has 1 aromatic heterocycles. The first-order chi connectivity index (χ1) is 14.2. The molecule has 0 saturated carbocycles. The lowest BCUT2D eigenvalue weighted by atomic mass is 9.95. The Morgan fingerprint density at radius 2 is 1.83 bits per heavy atom. The Morgan fingerprint density at radius 3 is 2.55 bits per heavy atom. The van der Waals surface area contributed by atoms with E-state index in [9.17, 15) is 4.79 Å². The van der Waals surface area contributed by atoms with Gasteiger partial charge in [-0.3, -0.25) is 9.69 Å². The Hall–Kier alpha value is -3.05. The minimum absolute atomic E-state index is 0.0447. The van der Waals surface area contributed by atoms with E-state index in [1.54, 1.807) is 13.4 Å². The molecule has 1 amide bonds. The van der Waals surface area contributed by atoms with Crippen LogP contribution in [-0.4, -0.2) is 31.0 Å². The van der Waals surface area contributed by atoms with E-state index in [0.717, 1.165) is 60.8 Å². The molecule has 0 atom stereocenters. The molecular weight excluding hydrogens is 364 g/mol. The van der Waals surface area contributed by atoms with Crippen LogP contribution in [0.15, 0.2) is 71.3 Å². The van der Waals surface area contributed by atoms with Gasteiger partial charge in [0.2, 0.25) is 5.91 Å². The van der Waals surface area contributed by atoms with Gasteiger partial charge in [-0.1, -0.05) is 24.3 Å². The van der Waals surface area contributed by atoms with E-state index in [4.69, 9.17) is 9.15 Å². The van der Waals surface area contributed by atoms with Crippen LogP contribution in [0.2, 0.25) is 0 Å². The molecule has 150 valence electrons. The van der Waals surface area contributed by atoms with Crippen molar-refractivity contribution in [3.8, 4) is 16.9 Å². The monoisotopic (exact) mass is 390 g/mol. The summed E-state index contributed by atoms with van der Waals surface area (Å²) in [5, 5.41) is 3.10. The number of ether oxygens (including phenoxy) is 1. The number of anilines is 1. The van der Waals surface area contributed by atoms with Gasteiger partial charge in [0.1, 0.15) is 11.5 Å². The molecule has 3 aromatic rings. The molecule has 2 aromatic carbocycles. The third kappa shape index (κ3) is 4.87. The highest BCUT2D eigenvalue weighted by Gasteiger charge is 2.25. The van der Waals surface area contributed by atoms with Gasteiger partial charge in [-0.15, -0.1) is 0 Å². The number of amides is 1. The number of nitrogens with zero attached hydrogens (tertiary/aromatic N) is 1. The Bertz CT molecular complexity index is 944. The smallest absolute Gasteiger partial charge is 0.227 e. The number of likely N-dealkylation sites (tertiary alicyclic amines) is 1. The summed E-state index contributed by atoms with van der Waals surface area (Å²) in [6.07, 6.45) is 3.43. The third-order valence-corrected chi connectivity index (χ3v) is 5.45. The van der Waals surface area contributed by atoms with Crippen LogP contribution in [0.1, 0.15) is 18.6 Å². The number of hydrogen-bond acceptors (Lipinski definition) is 4. The third-order valence-electron chi connectivity index (χ3n) is 5.45. The number of piperidine rings is 1. The fraction of sp³-hybridized carbons (Fsp3) is 0.292. The van der Waals surface area contributed by atoms with Gasteiger partial charge in [0.05, 0.1) is 19.9 Å². The molecule has 5 nitrogen and oxygen atoms in total. The standard InChI is InChI=1S/C24H26N2O3/c1-28-22-8-3-6-20(16-22)19-5-2-7-21(15-19)25-24(27)18-10-12-26(13-11-18)17-23-9-4-14-29-23/h2-9,14-16,18H,10-13,17H2,1H3,(H,25,27). The van der Waals surface area contributed by atoms with Crippen LogP contribution >= 0.6 is 0 Å². The van der Waals surface area contributed by atoms with E-state index >= 15 is 0 Å². The highest BCUT2D eigenvalue weighted by Crippen LogP contribution is 2.27. The van der Waals surface area contributed by atoms with Crippen LogP contribution in [0, 0.1) is 5.92 Å². The zero-order chi connectivity index (χ0) is 20.1. The van der Waals surface area contributed by atoms with Gasteiger partial charge >= 0.3 is 0 Å². The molecule has 0 bridgehead atoms. The van der Waals surface area contributed by atoms with Crippen molar-refractivity contribution < 1.29 is 13.9 Å². The number of methoxy groups -OCH3 is 1. The van der Waals surface area contributed by atoms with Gasteiger partial charge in [0, 0.05) is 11.6 Å². The molecule has 5 heteroatoms. The predicted molar refractivity (Wildman–Crippen MR) is 114 cm³/mol. The zero-order valence-corrected chi connectivity index (χ0v) is 16.6. The highest BCUT2D eigenvalue weighted by atomic mass is 16.5. The van der Waals surface area contributed by atoms with Crippen LogP contribution in [0.3, 0.4) is 0 Å². The van der Waals surface area contributed by atoms with Crippen molar-refractivity contribution in [3.63, 3.8) is 0 Å². The normalized spacial score (nSPS) is 15.2. The quantitative estimate of drug-likeness (QED) is 0.656. The minimum Gasteiger partial charge on any atom is -0.497 e. The molecule has 1 aliphatic heterocycles. The van der Waals surface area contributed by atoms with Crippen LogP contribution in [0.4, 0.5) is 5.69 Å². The van der Waals surface area contributed by atoms with Gasteiger partial charge in [-0.2, -0.15) is 0 Å². The van der Waals surface area contributed by atoms with E-state index in [0.29, 0.717) is 0 Å². The van der Waals surface area contributed by atoms with Crippen molar-refractivity contribution in [2.75, 3.05) is 25.5 Å². The molecule has 2 heterocycles. The first-order valence-electron chi connectivity index (χ1n) is 10.0. The number of rotatable bonds is 6. The predicted octanol–water partition coefficient (Wildman–Crippen LogP) is 4.81. The second-order valence-corrected chi connectivity index (χ2v) is 7.43. The summed E-state index contributed by atoms with van der Waals surface area (Å²) in [6.45, 7) is 2.62. The molecule has 0 unspecified atom stereocenters. The van der Waals surface area contributed by atoms with E-state index in [2.05, 4.69) is 10.2 Å². The fourth-order valence-electron chi connectivity index (χ4n) is 3.80. The number of benzene rings is 2. The SMILES string of the molecule is COc1cccc(-c2cccc(NC(=O)C3CCN(Cc4ccco4)CC3)c2)c1. The Labute approximate surface area is 171 Å². The van der Waals surface area contributed by atoms with Crippen LogP contribution in [0.25, 0.3) is 11.1 Å². The van der Waals surface area contributed by atoms with Crippen molar-refractivity contribution >= 4 is 11.6 Å². The molecule has 4 rings (SSSR count). The van der Waals surface area contributed by atoms with Crippen molar-refractivity contribution in [1.82, 2.24) is 4.90 Å². The second kappa shape index (κ2) is 8.97. The van der Waals surface area contributed by atoms with Gasteiger partial charge in [-0.25, -0.2) is 0 Å². The van der Waals surface area contributed by atoms with Crippen molar-refractivity contribution in [2.45, 2.75) is 19.4 Å². The van der Waals surface area contributed by atoms with E-state index in [-0.39, 0.29) is 11.8 Å². The summed E-state index contributed by atoms with van der Waals surface area (Å²) in [4.78, 5) is 15.1. The molecule has 1 saturated heterocycles. The molecule has 29 heavy (non-hydrogen) atoms. The maximum Gasteiger partial charge on any atom is 0.227 e. The van der Waals surface area contributed by atoms with Crippen LogP contribution < -0.4 is 10.1 Å². The maximum absolute atomic E-state index is 12.8. The van der Waals surface area contributed by atoms with Crippen molar-refractivity contribution in [1.29, 1.82) is 0 Å². The average Bonchev–Trinajstić information content (AvgIpc) is 3.27. The number of carbonyl (C=O) groups is 1. The number of furan rings is 1. The van der Waals surface area contributed by atoms with Gasteiger partial charge in [-0.05, 0) is 73.5 Å².